The molecule has 6 nitrogen and oxygen atoms in total. The van der Waals surface area contributed by atoms with Crippen molar-refractivity contribution in [2.75, 3.05) is 47.8 Å². The van der Waals surface area contributed by atoms with Gasteiger partial charge in [0.2, 0.25) is 5.75 Å². The van der Waals surface area contributed by atoms with Crippen LogP contribution in [-0.2, 0) is 15.9 Å². The number of carbonyl (C=O) groups is 1. The SMILES string of the molecule is COCC1(COc2c(-c3cccc4c3CCC4=O)ccc(OC)c2OC)COC1. The zero-order chi connectivity index (χ0) is 20.4. The number of rotatable bonds is 8. The topological polar surface area (TPSA) is 63.2 Å². The minimum Gasteiger partial charge on any atom is -0.493 e. The van der Waals surface area contributed by atoms with Crippen LogP contribution < -0.4 is 14.2 Å². The summed E-state index contributed by atoms with van der Waals surface area (Å²) in [5, 5.41) is 0. The molecule has 2 aromatic rings. The van der Waals surface area contributed by atoms with Crippen LogP contribution in [0.4, 0.5) is 0 Å². The van der Waals surface area contributed by atoms with Gasteiger partial charge in [-0.05, 0) is 29.7 Å². The van der Waals surface area contributed by atoms with Crippen molar-refractivity contribution < 1.29 is 28.5 Å². The van der Waals surface area contributed by atoms with Gasteiger partial charge < -0.3 is 23.7 Å². The first-order valence-corrected chi connectivity index (χ1v) is 9.72. The number of carbonyl (C=O) groups excluding carboxylic acids is 1. The number of hydrogen-bond donors (Lipinski definition) is 0. The number of Topliss-reactive ketones (excluding diaryl/α,β-unsaturated/α-hetero) is 1. The van der Waals surface area contributed by atoms with Crippen LogP contribution in [0.2, 0.25) is 0 Å². The van der Waals surface area contributed by atoms with E-state index in [9.17, 15) is 4.79 Å². The summed E-state index contributed by atoms with van der Waals surface area (Å²) >= 11 is 0. The van der Waals surface area contributed by atoms with Crippen molar-refractivity contribution in [3.05, 3.63) is 41.5 Å². The number of methoxy groups -OCH3 is 3. The lowest BCUT2D eigenvalue weighted by Crippen LogP contribution is -2.50. The van der Waals surface area contributed by atoms with Crippen molar-refractivity contribution in [3.63, 3.8) is 0 Å². The van der Waals surface area contributed by atoms with Crippen LogP contribution in [-0.4, -0.2) is 53.5 Å². The fourth-order valence-electron chi connectivity index (χ4n) is 4.13. The third-order valence-corrected chi connectivity index (χ3v) is 5.66. The normalized spacial score (nSPS) is 16.9. The maximum Gasteiger partial charge on any atom is 0.203 e. The Hall–Kier alpha value is -2.57. The molecule has 0 atom stereocenters. The van der Waals surface area contributed by atoms with E-state index in [2.05, 4.69) is 0 Å². The van der Waals surface area contributed by atoms with Gasteiger partial charge in [-0.3, -0.25) is 4.79 Å². The van der Waals surface area contributed by atoms with Gasteiger partial charge in [-0.15, -0.1) is 0 Å². The van der Waals surface area contributed by atoms with E-state index in [1.807, 2.05) is 30.3 Å². The Kier molecular flexibility index (Phi) is 5.48. The molecule has 154 valence electrons. The van der Waals surface area contributed by atoms with Gasteiger partial charge in [0.1, 0.15) is 6.61 Å². The Morgan fingerprint density at radius 3 is 2.34 bits per heavy atom. The van der Waals surface area contributed by atoms with Crippen molar-refractivity contribution in [1.29, 1.82) is 0 Å². The number of ether oxygens (including phenoxy) is 5. The lowest BCUT2D eigenvalue weighted by Gasteiger charge is -2.40. The minimum absolute atomic E-state index is 0.172. The molecule has 0 aromatic heterocycles. The van der Waals surface area contributed by atoms with Crippen LogP contribution in [0.25, 0.3) is 11.1 Å². The molecule has 0 bridgehead atoms. The fourth-order valence-corrected chi connectivity index (χ4v) is 4.13. The standard InChI is InChI=1S/C23H26O6/c1-25-11-23(12-28-13-23)14-29-21-18(8-10-20(26-2)22(21)27-3)15-5-4-6-17-16(15)7-9-19(17)24/h4-6,8,10H,7,9,11-14H2,1-3H3. The molecule has 1 heterocycles. The Morgan fingerprint density at radius 2 is 1.69 bits per heavy atom. The maximum absolute atomic E-state index is 12.2. The van der Waals surface area contributed by atoms with Gasteiger partial charge in [-0.2, -0.15) is 0 Å². The quantitative estimate of drug-likeness (QED) is 0.678. The number of fused-ring (bicyclic) bond motifs is 1. The molecule has 2 aliphatic rings. The number of ketones is 1. The van der Waals surface area contributed by atoms with Gasteiger partial charge in [0.05, 0.1) is 39.5 Å². The van der Waals surface area contributed by atoms with Gasteiger partial charge in [0.15, 0.2) is 17.3 Å². The molecule has 1 fully saturated rings. The lowest BCUT2D eigenvalue weighted by molar-refractivity contribution is -0.159. The summed E-state index contributed by atoms with van der Waals surface area (Å²) in [5.74, 6) is 1.94. The summed E-state index contributed by atoms with van der Waals surface area (Å²) in [7, 11) is 4.89. The molecule has 0 amide bonds. The highest BCUT2D eigenvalue weighted by atomic mass is 16.5. The van der Waals surface area contributed by atoms with E-state index in [1.54, 1.807) is 21.3 Å². The van der Waals surface area contributed by atoms with Crippen LogP contribution in [0.5, 0.6) is 17.2 Å². The van der Waals surface area contributed by atoms with E-state index >= 15 is 0 Å². The van der Waals surface area contributed by atoms with Gasteiger partial charge in [-0.25, -0.2) is 0 Å². The second kappa shape index (κ2) is 8.05. The first-order chi connectivity index (χ1) is 14.1. The van der Waals surface area contributed by atoms with E-state index in [4.69, 9.17) is 23.7 Å². The molecule has 0 spiro atoms. The third-order valence-electron chi connectivity index (χ3n) is 5.66. The average molecular weight is 398 g/mol. The van der Waals surface area contributed by atoms with E-state index in [0.29, 0.717) is 50.1 Å². The molecule has 0 unspecified atom stereocenters. The van der Waals surface area contributed by atoms with Crippen LogP contribution >= 0.6 is 0 Å². The van der Waals surface area contributed by atoms with Crippen molar-refractivity contribution in [2.24, 2.45) is 5.41 Å². The van der Waals surface area contributed by atoms with Gasteiger partial charge in [0.25, 0.3) is 0 Å². The maximum atomic E-state index is 12.2. The number of benzene rings is 2. The highest BCUT2D eigenvalue weighted by Gasteiger charge is 2.40. The Bertz CT molecular complexity index is 916. The second-order valence-electron chi connectivity index (χ2n) is 7.65. The summed E-state index contributed by atoms with van der Waals surface area (Å²) in [6.07, 6.45) is 1.28. The third kappa shape index (κ3) is 3.47. The highest BCUT2D eigenvalue weighted by molar-refractivity contribution is 6.02. The fraction of sp³-hybridized carbons (Fsp3) is 0.435. The van der Waals surface area contributed by atoms with E-state index in [-0.39, 0.29) is 11.2 Å². The van der Waals surface area contributed by atoms with E-state index < -0.39 is 0 Å². The molecule has 0 radical (unpaired) electrons. The molecule has 1 aliphatic heterocycles. The molecule has 29 heavy (non-hydrogen) atoms. The molecule has 6 heteroatoms. The highest BCUT2D eigenvalue weighted by Crippen LogP contribution is 2.47. The molecule has 4 rings (SSSR count). The monoisotopic (exact) mass is 398 g/mol. The van der Waals surface area contributed by atoms with E-state index in [0.717, 1.165) is 28.7 Å². The largest absolute Gasteiger partial charge is 0.493 e. The van der Waals surface area contributed by atoms with Crippen LogP contribution in [0.1, 0.15) is 22.3 Å². The summed E-state index contributed by atoms with van der Waals surface area (Å²) in [6.45, 7) is 2.19. The smallest absolute Gasteiger partial charge is 0.203 e. The van der Waals surface area contributed by atoms with E-state index in [1.165, 1.54) is 0 Å². The second-order valence-corrected chi connectivity index (χ2v) is 7.65. The predicted octanol–water partition coefficient (Wildman–Crippen LogP) is 3.54. The van der Waals surface area contributed by atoms with Gasteiger partial charge in [-0.1, -0.05) is 18.2 Å². The zero-order valence-corrected chi connectivity index (χ0v) is 17.1. The van der Waals surface area contributed by atoms with Crippen molar-refractivity contribution in [3.8, 4) is 28.4 Å². The Labute approximate surface area is 170 Å². The van der Waals surface area contributed by atoms with Crippen molar-refractivity contribution >= 4 is 5.78 Å². The average Bonchev–Trinajstić information content (AvgIpc) is 3.10. The molecule has 0 N–H and O–H groups in total. The molecular formula is C23H26O6. The Balaban J connectivity index is 1.78. The van der Waals surface area contributed by atoms with Crippen LogP contribution in [0, 0.1) is 5.41 Å². The molecular weight excluding hydrogens is 372 g/mol. The zero-order valence-electron chi connectivity index (χ0n) is 17.1. The summed E-state index contributed by atoms with van der Waals surface area (Å²) < 4.78 is 28.3. The lowest BCUT2D eigenvalue weighted by atomic mass is 9.88. The van der Waals surface area contributed by atoms with Crippen molar-refractivity contribution in [1.82, 2.24) is 0 Å². The molecule has 0 saturated carbocycles. The molecule has 1 saturated heterocycles. The summed E-state index contributed by atoms with van der Waals surface area (Å²) in [4.78, 5) is 12.2. The molecule has 2 aromatic carbocycles. The Morgan fingerprint density at radius 1 is 0.897 bits per heavy atom. The van der Waals surface area contributed by atoms with Gasteiger partial charge in [0, 0.05) is 24.7 Å². The van der Waals surface area contributed by atoms with Crippen LogP contribution in [0.15, 0.2) is 30.3 Å². The number of hydrogen-bond acceptors (Lipinski definition) is 6. The molecule has 1 aliphatic carbocycles. The predicted molar refractivity (Wildman–Crippen MR) is 108 cm³/mol. The first-order valence-electron chi connectivity index (χ1n) is 9.72. The minimum atomic E-state index is -0.172. The summed E-state index contributed by atoms with van der Waals surface area (Å²) in [5.41, 5.74) is 3.57. The van der Waals surface area contributed by atoms with Crippen LogP contribution in [0.3, 0.4) is 0 Å². The van der Waals surface area contributed by atoms with Gasteiger partial charge >= 0.3 is 0 Å². The summed E-state index contributed by atoms with van der Waals surface area (Å²) in [6, 6.07) is 9.69. The van der Waals surface area contributed by atoms with Crippen molar-refractivity contribution in [2.45, 2.75) is 12.8 Å². The first kappa shape index (κ1) is 19.7.